The monoisotopic (exact) mass is 356 g/mol. The van der Waals surface area contributed by atoms with E-state index in [9.17, 15) is 0 Å². The molecule has 0 atom stereocenters. The Bertz CT molecular complexity index is 689. The van der Waals surface area contributed by atoms with Crippen molar-refractivity contribution in [3.8, 4) is 11.5 Å². The molecule has 0 radical (unpaired) electrons. The molecule has 0 aromatic heterocycles. The molecule has 0 spiro atoms. The summed E-state index contributed by atoms with van der Waals surface area (Å²) in [4.78, 5) is 4.35. The van der Waals surface area contributed by atoms with Crippen molar-refractivity contribution in [2.24, 2.45) is 10.7 Å². The van der Waals surface area contributed by atoms with Gasteiger partial charge in [-0.05, 0) is 42.7 Å². The smallest absolute Gasteiger partial charge is 0.188 e. The standard InChI is InChI=1S/C20H28N4O2/c1-25-18-10-9-16(15-19(18)26-2)11-14-24-20(21)23-13-6-12-22-17-7-4-3-5-8-17/h3-5,7-10,15,22H,6,11-14H2,1-2H3,(H3,21,23,24). The third-order valence-electron chi connectivity index (χ3n) is 3.89. The van der Waals surface area contributed by atoms with Crippen LogP contribution in [0.1, 0.15) is 12.0 Å². The maximum Gasteiger partial charge on any atom is 0.188 e. The van der Waals surface area contributed by atoms with Crippen molar-refractivity contribution in [1.29, 1.82) is 0 Å². The summed E-state index contributed by atoms with van der Waals surface area (Å²) < 4.78 is 10.6. The molecule has 0 aliphatic rings. The van der Waals surface area contributed by atoms with Gasteiger partial charge >= 0.3 is 0 Å². The quantitative estimate of drug-likeness (QED) is 0.346. The number of hydrogen-bond acceptors (Lipinski definition) is 4. The number of nitrogens with two attached hydrogens (primary N) is 1. The van der Waals surface area contributed by atoms with E-state index in [0.29, 0.717) is 19.0 Å². The first-order valence-corrected chi connectivity index (χ1v) is 8.76. The highest BCUT2D eigenvalue weighted by Crippen LogP contribution is 2.27. The summed E-state index contributed by atoms with van der Waals surface area (Å²) in [7, 11) is 3.27. The highest BCUT2D eigenvalue weighted by molar-refractivity contribution is 5.77. The maximum absolute atomic E-state index is 5.91. The zero-order valence-electron chi connectivity index (χ0n) is 15.5. The van der Waals surface area contributed by atoms with Crippen molar-refractivity contribution in [2.45, 2.75) is 12.8 Å². The van der Waals surface area contributed by atoms with Crippen LogP contribution in [0.25, 0.3) is 0 Å². The zero-order chi connectivity index (χ0) is 18.6. The summed E-state index contributed by atoms with van der Waals surface area (Å²) in [5.41, 5.74) is 8.18. The first-order chi connectivity index (χ1) is 12.7. The Morgan fingerprint density at radius 2 is 1.77 bits per heavy atom. The molecular weight excluding hydrogens is 328 g/mol. The predicted octanol–water partition coefficient (Wildman–Crippen LogP) is 2.65. The third kappa shape index (κ3) is 6.55. The van der Waals surface area contributed by atoms with Crippen molar-refractivity contribution in [3.05, 3.63) is 54.1 Å². The van der Waals surface area contributed by atoms with Gasteiger partial charge in [-0.3, -0.25) is 4.99 Å². The number of ether oxygens (including phenoxy) is 2. The van der Waals surface area contributed by atoms with Crippen LogP contribution in [0.2, 0.25) is 0 Å². The van der Waals surface area contributed by atoms with Crippen LogP contribution in [-0.4, -0.2) is 39.8 Å². The molecule has 6 nitrogen and oxygen atoms in total. The van der Waals surface area contributed by atoms with E-state index < -0.39 is 0 Å². The molecule has 2 aromatic rings. The van der Waals surface area contributed by atoms with Gasteiger partial charge in [0.25, 0.3) is 0 Å². The second-order valence-corrected chi connectivity index (χ2v) is 5.78. The molecule has 26 heavy (non-hydrogen) atoms. The Morgan fingerprint density at radius 3 is 2.50 bits per heavy atom. The molecule has 2 rings (SSSR count). The van der Waals surface area contributed by atoms with Crippen molar-refractivity contribution < 1.29 is 9.47 Å². The molecule has 0 aliphatic heterocycles. The third-order valence-corrected chi connectivity index (χ3v) is 3.89. The SMILES string of the molecule is COc1ccc(CCNC(N)=NCCCNc2ccccc2)cc1OC. The van der Waals surface area contributed by atoms with Gasteiger partial charge in [0, 0.05) is 25.3 Å². The van der Waals surface area contributed by atoms with E-state index in [-0.39, 0.29) is 0 Å². The van der Waals surface area contributed by atoms with E-state index in [1.54, 1.807) is 14.2 Å². The normalized spacial score (nSPS) is 11.1. The number of hydrogen-bond donors (Lipinski definition) is 3. The van der Waals surface area contributed by atoms with Crippen LogP contribution < -0.4 is 25.8 Å². The van der Waals surface area contributed by atoms with Crippen molar-refractivity contribution in [1.82, 2.24) is 5.32 Å². The molecular formula is C20H28N4O2. The molecule has 4 N–H and O–H groups in total. The topological polar surface area (TPSA) is 80.9 Å². The summed E-state index contributed by atoms with van der Waals surface area (Å²) in [6, 6.07) is 16.0. The first-order valence-electron chi connectivity index (χ1n) is 8.76. The minimum absolute atomic E-state index is 0.477. The van der Waals surface area contributed by atoms with Crippen LogP contribution in [0.4, 0.5) is 5.69 Å². The van der Waals surface area contributed by atoms with Crippen LogP contribution in [-0.2, 0) is 6.42 Å². The number of nitrogens with one attached hydrogen (secondary N) is 2. The van der Waals surface area contributed by atoms with Gasteiger partial charge in [-0.2, -0.15) is 0 Å². The van der Waals surface area contributed by atoms with E-state index in [4.69, 9.17) is 15.2 Å². The molecule has 0 aliphatic carbocycles. The molecule has 0 unspecified atom stereocenters. The second-order valence-electron chi connectivity index (χ2n) is 5.78. The summed E-state index contributed by atoms with van der Waals surface area (Å²) in [5.74, 6) is 1.94. The highest BCUT2D eigenvalue weighted by Gasteiger charge is 2.04. The van der Waals surface area contributed by atoms with Gasteiger partial charge in [0.2, 0.25) is 0 Å². The molecule has 0 saturated carbocycles. The molecule has 6 heteroatoms. The van der Waals surface area contributed by atoms with Crippen LogP contribution in [0.5, 0.6) is 11.5 Å². The fourth-order valence-electron chi connectivity index (χ4n) is 2.49. The fourth-order valence-corrected chi connectivity index (χ4v) is 2.49. The van der Waals surface area contributed by atoms with Crippen LogP contribution in [0.15, 0.2) is 53.5 Å². The average molecular weight is 356 g/mol. The van der Waals surface area contributed by atoms with E-state index in [1.165, 1.54) is 0 Å². The lowest BCUT2D eigenvalue weighted by molar-refractivity contribution is 0.354. The lowest BCUT2D eigenvalue weighted by Gasteiger charge is -2.10. The highest BCUT2D eigenvalue weighted by atomic mass is 16.5. The molecule has 0 amide bonds. The van der Waals surface area contributed by atoms with Gasteiger partial charge in [0.05, 0.1) is 14.2 Å². The lowest BCUT2D eigenvalue weighted by atomic mass is 10.1. The lowest BCUT2D eigenvalue weighted by Crippen LogP contribution is -2.33. The average Bonchev–Trinajstić information content (AvgIpc) is 2.68. The predicted molar refractivity (Wildman–Crippen MR) is 107 cm³/mol. The van der Waals surface area contributed by atoms with Gasteiger partial charge in [-0.15, -0.1) is 0 Å². The Kier molecular flexibility index (Phi) is 8.12. The van der Waals surface area contributed by atoms with Gasteiger partial charge in [-0.25, -0.2) is 0 Å². The number of para-hydroxylation sites is 1. The van der Waals surface area contributed by atoms with E-state index in [0.717, 1.165) is 42.1 Å². The number of anilines is 1. The zero-order valence-corrected chi connectivity index (χ0v) is 15.5. The molecule has 0 fully saturated rings. The van der Waals surface area contributed by atoms with Crippen LogP contribution >= 0.6 is 0 Å². The van der Waals surface area contributed by atoms with E-state index in [1.807, 2.05) is 48.5 Å². The molecule has 140 valence electrons. The van der Waals surface area contributed by atoms with Crippen LogP contribution in [0, 0.1) is 0 Å². The van der Waals surface area contributed by atoms with Crippen LogP contribution in [0.3, 0.4) is 0 Å². The number of nitrogens with zero attached hydrogens (tertiary/aromatic N) is 1. The number of guanidine groups is 1. The fraction of sp³-hybridized carbons (Fsp3) is 0.350. The van der Waals surface area contributed by atoms with Crippen molar-refractivity contribution >= 4 is 11.6 Å². The van der Waals surface area contributed by atoms with Crippen molar-refractivity contribution in [3.63, 3.8) is 0 Å². The Balaban J connectivity index is 1.65. The largest absolute Gasteiger partial charge is 0.493 e. The molecule has 0 bridgehead atoms. The molecule has 0 saturated heterocycles. The number of rotatable bonds is 10. The van der Waals surface area contributed by atoms with E-state index in [2.05, 4.69) is 15.6 Å². The van der Waals surface area contributed by atoms with E-state index >= 15 is 0 Å². The minimum Gasteiger partial charge on any atom is -0.493 e. The van der Waals surface area contributed by atoms with Gasteiger partial charge in [0.1, 0.15) is 0 Å². The Morgan fingerprint density at radius 1 is 1.00 bits per heavy atom. The summed E-state index contributed by atoms with van der Waals surface area (Å²) in [6.07, 6.45) is 1.75. The Labute approximate surface area is 155 Å². The number of methoxy groups -OCH3 is 2. The van der Waals surface area contributed by atoms with Gasteiger partial charge in [-0.1, -0.05) is 24.3 Å². The summed E-state index contributed by atoms with van der Waals surface area (Å²) >= 11 is 0. The second kappa shape index (κ2) is 10.9. The van der Waals surface area contributed by atoms with Crippen molar-refractivity contribution in [2.75, 3.05) is 39.2 Å². The summed E-state index contributed by atoms with van der Waals surface area (Å²) in [5, 5.41) is 6.49. The number of benzene rings is 2. The maximum atomic E-state index is 5.91. The molecule has 0 heterocycles. The molecule has 2 aromatic carbocycles. The minimum atomic E-state index is 0.477. The Hall–Kier alpha value is -2.89. The summed E-state index contributed by atoms with van der Waals surface area (Å²) in [6.45, 7) is 2.27. The number of aliphatic imine (C=N–C) groups is 1. The van der Waals surface area contributed by atoms with Gasteiger partial charge in [0.15, 0.2) is 17.5 Å². The first kappa shape index (κ1) is 19.4. The van der Waals surface area contributed by atoms with Gasteiger partial charge < -0.3 is 25.8 Å².